The molecule has 5 nitrogen and oxygen atoms in total. The molecular weight excluding hydrogens is 246 g/mol. The van der Waals surface area contributed by atoms with E-state index in [4.69, 9.17) is 14.6 Å². The van der Waals surface area contributed by atoms with Crippen LogP contribution in [0.1, 0.15) is 17.3 Å². The van der Waals surface area contributed by atoms with Crippen LogP contribution in [-0.2, 0) is 4.74 Å². The molecule has 0 radical (unpaired) electrons. The van der Waals surface area contributed by atoms with E-state index in [0.29, 0.717) is 12.4 Å². The Hall–Kier alpha value is -1.59. The third kappa shape index (κ3) is 6.22. The van der Waals surface area contributed by atoms with Gasteiger partial charge in [-0.05, 0) is 38.2 Å². The van der Waals surface area contributed by atoms with Crippen molar-refractivity contribution in [2.45, 2.75) is 6.92 Å². The number of nitrogens with zero attached hydrogens (tertiary/aromatic N) is 1. The Kier molecular flexibility index (Phi) is 6.92. The minimum atomic E-state index is -0.929. The van der Waals surface area contributed by atoms with Gasteiger partial charge in [-0.1, -0.05) is 0 Å². The molecule has 0 unspecified atom stereocenters. The van der Waals surface area contributed by atoms with Crippen LogP contribution in [0.2, 0.25) is 0 Å². The largest absolute Gasteiger partial charge is 0.492 e. The van der Waals surface area contributed by atoms with Gasteiger partial charge >= 0.3 is 5.97 Å². The summed E-state index contributed by atoms with van der Waals surface area (Å²) in [6.07, 6.45) is 0. The maximum atomic E-state index is 10.7. The Bertz CT molecular complexity index is 378. The van der Waals surface area contributed by atoms with E-state index in [1.54, 1.807) is 12.1 Å². The first kappa shape index (κ1) is 15.5. The van der Waals surface area contributed by atoms with Crippen molar-refractivity contribution in [1.29, 1.82) is 0 Å². The number of carbonyl (C=O) groups is 1. The number of benzene rings is 1. The highest BCUT2D eigenvalue weighted by molar-refractivity contribution is 5.87. The van der Waals surface area contributed by atoms with E-state index in [9.17, 15) is 4.79 Å². The van der Waals surface area contributed by atoms with Gasteiger partial charge in [0.2, 0.25) is 0 Å². The molecule has 5 heteroatoms. The first-order valence-corrected chi connectivity index (χ1v) is 6.36. The van der Waals surface area contributed by atoms with Crippen molar-refractivity contribution in [3.05, 3.63) is 29.8 Å². The SMILES string of the molecule is CCOCCN(C)CCOc1ccc(C(=O)O)cc1. The van der Waals surface area contributed by atoms with Crippen molar-refractivity contribution < 1.29 is 19.4 Å². The summed E-state index contributed by atoms with van der Waals surface area (Å²) in [6.45, 7) is 5.67. The lowest BCUT2D eigenvalue weighted by Crippen LogP contribution is -2.27. The van der Waals surface area contributed by atoms with E-state index in [2.05, 4.69) is 4.90 Å². The monoisotopic (exact) mass is 267 g/mol. The summed E-state index contributed by atoms with van der Waals surface area (Å²) in [5.74, 6) is -0.245. The first-order chi connectivity index (χ1) is 9.13. The van der Waals surface area contributed by atoms with E-state index in [1.165, 1.54) is 12.1 Å². The van der Waals surface area contributed by atoms with Gasteiger partial charge in [0.1, 0.15) is 12.4 Å². The fourth-order valence-electron chi connectivity index (χ4n) is 1.49. The summed E-state index contributed by atoms with van der Waals surface area (Å²) in [6, 6.07) is 6.42. The first-order valence-electron chi connectivity index (χ1n) is 6.36. The van der Waals surface area contributed by atoms with Crippen LogP contribution in [0.25, 0.3) is 0 Å². The Labute approximate surface area is 113 Å². The van der Waals surface area contributed by atoms with Crippen LogP contribution < -0.4 is 4.74 Å². The number of rotatable bonds is 9. The average molecular weight is 267 g/mol. The highest BCUT2D eigenvalue weighted by Crippen LogP contribution is 2.11. The predicted molar refractivity (Wildman–Crippen MR) is 72.9 cm³/mol. The standard InChI is InChI=1S/C14H21NO4/c1-3-18-10-8-15(2)9-11-19-13-6-4-12(5-7-13)14(16)17/h4-7H,3,8-11H2,1-2H3,(H,16,17). The molecule has 1 aromatic rings. The van der Waals surface area contributed by atoms with Gasteiger partial charge in [0.15, 0.2) is 0 Å². The Balaban J connectivity index is 2.23. The normalized spacial score (nSPS) is 10.7. The molecule has 19 heavy (non-hydrogen) atoms. The summed E-state index contributed by atoms with van der Waals surface area (Å²) in [4.78, 5) is 12.8. The molecule has 0 atom stereocenters. The molecule has 0 amide bonds. The van der Waals surface area contributed by atoms with E-state index in [0.717, 1.165) is 26.3 Å². The Morgan fingerprint density at radius 1 is 1.21 bits per heavy atom. The van der Waals surface area contributed by atoms with Gasteiger partial charge in [-0.25, -0.2) is 4.79 Å². The lowest BCUT2D eigenvalue weighted by Gasteiger charge is -2.16. The van der Waals surface area contributed by atoms with Gasteiger partial charge in [0.25, 0.3) is 0 Å². The topological polar surface area (TPSA) is 59.0 Å². The molecule has 0 aliphatic heterocycles. The fourth-order valence-corrected chi connectivity index (χ4v) is 1.49. The van der Waals surface area contributed by atoms with Crippen molar-refractivity contribution in [1.82, 2.24) is 4.90 Å². The van der Waals surface area contributed by atoms with Gasteiger partial charge in [-0.2, -0.15) is 0 Å². The molecule has 0 heterocycles. The molecule has 106 valence electrons. The summed E-state index contributed by atoms with van der Waals surface area (Å²) < 4.78 is 10.8. The van der Waals surface area contributed by atoms with E-state index in [-0.39, 0.29) is 5.56 Å². The fraction of sp³-hybridized carbons (Fsp3) is 0.500. The highest BCUT2D eigenvalue weighted by atomic mass is 16.5. The lowest BCUT2D eigenvalue weighted by atomic mass is 10.2. The minimum absolute atomic E-state index is 0.265. The third-order valence-corrected chi connectivity index (χ3v) is 2.66. The molecular formula is C14H21NO4. The molecule has 0 spiro atoms. The van der Waals surface area contributed by atoms with Crippen molar-refractivity contribution >= 4 is 5.97 Å². The van der Waals surface area contributed by atoms with Crippen LogP contribution in [0.3, 0.4) is 0 Å². The van der Waals surface area contributed by atoms with Crippen molar-refractivity contribution in [3.63, 3.8) is 0 Å². The maximum Gasteiger partial charge on any atom is 0.335 e. The van der Waals surface area contributed by atoms with Crippen molar-refractivity contribution in [3.8, 4) is 5.75 Å². The van der Waals surface area contributed by atoms with E-state index < -0.39 is 5.97 Å². The summed E-state index contributed by atoms with van der Waals surface area (Å²) >= 11 is 0. The second-order valence-electron chi connectivity index (χ2n) is 4.18. The molecule has 0 bridgehead atoms. The predicted octanol–water partition coefficient (Wildman–Crippen LogP) is 1.73. The molecule has 0 fully saturated rings. The van der Waals surface area contributed by atoms with Crippen LogP contribution in [0.5, 0.6) is 5.75 Å². The minimum Gasteiger partial charge on any atom is -0.492 e. The zero-order chi connectivity index (χ0) is 14.1. The molecule has 0 aliphatic rings. The maximum absolute atomic E-state index is 10.7. The molecule has 0 aromatic heterocycles. The number of ether oxygens (including phenoxy) is 2. The number of hydrogen-bond donors (Lipinski definition) is 1. The molecule has 1 N–H and O–H groups in total. The van der Waals surface area contributed by atoms with Gasteiger partial charge in [-0.3, -0.25) is 0 Å². The van der Waals surface area contributed by atoms with Crippen molar-refractivity contribution in [2.75, 3.05) is 40.0 Å². The molecule has 1 aromatic carbocycles. The number of hydrogen-bond acceptors (Lipinski definition) is 4. The smallest absolute Gasteiger partial charge is 0.335 e. The van der Waals surface area contributed by atoms with Gasteiger partial charge in [-0.15, -0.1) is 0 Å². The van der Waals surface area contributed by atoms with Crippen LogP contribution in [0.4, 0.5) is 0 Å². The summed E-state index contributed by atoms with van der Waals surface area (Å²) in [7, 11) is 2.01. The van der Waals surface area contributed by atoms with Crippen LogP contribution >= 0.6 is 0 Å². The average Bonchev–Trinajstić information content (AvgIpc) is 2.39. The number of aromatic carboxylic acids is 1. The quantitative estimate of drug-likeness (QED) is 0.690. The van der Waals surface area contributed by atoms with Gasteiger partial charge < -0.3 is 19.5 Å². The van der Waals surface area contributed by atoms with Crippen LogP contribution in [0, 0.1) is 0 Å². The third-order valence-electron chi connectivity index (χ3n) is 2.66. The Morgan fingerprint density at radius 2 is 1.84 bits per heavy atom. The number of likely N-dealkylation sites (N-methyl/N-ethyl adjacent to an activating group) is 1. The second kappa shape index (κ2) is 8.50. The zero-order valence-electron chi connectivity index (χ0n) is 11.5. The van der Waals surface area contributed by atoms with E-state index >= 15 is 0 Å². The second-order valence-corrected chi connectivity index (χ2v) is 4.18. The summed E-state index contributed by atoms with van der Waals surface area (Å²) in [5.41, 5.74) is 0.265. The summed E-state index contributed by atoms with van der Waals surface area (Å²) in [5, 5.41) is 8.77. The van der Waals surface area contributed by atoms with E-state index in [1.807, 2.05) is 14.0 Å². The van der Waals surface area contributed by atoms with Crippen LogP contribution in [0.15, 0.2) is 24.3 Å². The van der Waals surface area contributed by atoms with Gasteiger partial charge in [0.05, 0.1) is 12.2 Å². The zero-order valence-corrected chi connectivity index (χ0v) is 11.5. The van der Waals surface area contributed by atoms with Gasteiger partial charge in [0, 0.05) is 19.7 Å². The highest BCUT2D eigenvalue weighted by Gasteiger charge is 2.03. The van der Waals surface area contributed by atoms with Crippen molar-refractivity contribution in [2.24, 2.45) is 0 Å². The number of carboxylic acid groups (broad SMARTS) is 1. The Morgan fingerprint density at radius 3 is 2.42 bits per heavy atom. The van der Waals surface area contributed by atoms with Crippen LogP contribution in [-0.4, -0.2) is 55.9 Å². The molecule has 0 saturated carbocycles. The molecule has 1 rings (SSSR count). The molecule has 0 saturated heterocycles. The number of carboxylic acids is 1. The lowest BCUT2D eigenvalue weighted by molar-refractivity contribution is 0.0697. The molecule has 0 aliphatic carbocycles.